The molecule has 6 aromatic rings. The number of aromatic nitrogens is 6. The number of nitrogens with zero attached hydrogens (tertiary/aromatic N) is 6. The summed E-state index contributed by atoms with van der Waals surface area (Å²) in [5.41, 5.74) is 13.9. The average molecular weight is 461 g/mol. The number of hydrogen-bond donors (Lipinski definition) is 2. The molecule has 0 atom stereocenters. The third kappa shape index (κ3) is 4.06. The molecule has 0 fully saturated rings. The molecule has 0 bridgehead atoms. The lowest BCUT2D eigenvalue weighted by atomic mass is 10.1. The zero-order chi connectivity index (χ0) is 23.9. The Morgan fingerprint density at radius 3 is 2.51 bits per heavy atom. The van der Waals surface area contributed by atoms with Crippen LogP contribution in [-0.4, -0.2) is 29.4 Å². The van der Waals surface area contributed by atoms with Crippen molar-refractivity contribution >= 4 is 34.0 Å². The highest BCUT2D eigenvalue weighted by atomic mass is 15.4. The Hall–Kier alpha value is -4.72. The Morgan fingerprint density at radius 2 is 1.71 bits per heavy atom. The summed E-state index contributed by atoms with van der Waals surface area (Å²) in [6, 6.07) is 22.7. The van der Waals surface area contributed by atoms with E-state index in [1.165, 1.54) is 16.7 Å². The maximum Gasteiger partial charge on any atom is 0.247 e. The Labute approximate surface area is 202 Å². The molecule has 172 valence electrons. The van der Waals surface area contributed by atoms with Gasteiger partial charge in [0.2, 0.25) is 5.95 Å². The second-order valence-electron chi connectivity index (χ2n) is 8.78. The number of hydrogen-bond acceptors (Lipinski definition) is 6. The minimum absolute atomic E-state index is 0.321. The summed E-state index contributed by atoms with van der Waals surface area (Å²) < 4.78 is 3.67. The first kappa shape index (κ1) is 20.9. The number of nitrogens with two attached hydrogens (primary N) is 1. The van der Waals surface area contributed by atoms with Crippen molar-refractivity contribution in [2.45, 2.75) is 20.4 Å². The van der Waals surface area contributed by atoms with E-state index >= 15 is 0 Å². The molecule has 0 radical (unpaired) electrons. The lowest BCUT2D eigenvalue weighted by Crippen LogP contribution is -2.02. The molecule has 0 unspecified atom stereocenters. The molecule has 3 aromatic carbocycles. The van der Waals surface area contributed by atoms with Crippen LogP contribution in [0.2, 0.25) is 0 Å². The highest BCUT2D eigenvalue weighted by Gasteiger charge is 2.13. The van der Waals surface area contributed by atoms with Gasteiger partial charge in [0.1, 0.15) is 0 Å². The van der Waals surface area contributed by atoms with Crippen molar-refractivity contribution in [1.29, 1.82) is 0 Å². The fourth-order valence-electron chi connectivity index (χ4n) is 4.39. The number of aryl methyl sites for hydroxylation is 2. The van der Waals surface area contributed by atoms with Crippen LogP contribution in [0.5, 0.6) is 0 Å². The third-order valence-electron chi connectivity index (χ3n) is 5.94. The first-order chi connectivity index (χ1) is 17.0. The van der Waals surface area contributed by atoms with Crippen molar-refractivity contribution in [1.82, 2.24) is 29.4 Å². The van der Waals surface area contributed by atoms with Crippen LogP contribution in [0.15, 0.2) is 79.1 Å². The maximum absolute atomic E-state index is 6.29. The Kier molecular flexibility index (Phi) is 4.92. The van der Waals surface area contributed by atoms with Gasteiger partial charge >= 0.3 is 0 Å². The number of anilines is 3. The first-order valence-corrected chi connectivity index (χ1v) is 11.4. The number of fused-ring (bicyclic) bond motifs is 2. The van der Waals surface area contributed by atoms with Crippen molar-refractivity contribution in [3.05, 3.63) is 95.8 Å². The summed E-state index contributed by atoms with van der Waals surface area (Å²) >= 11 is 0. The van der Waals surface area contributed by atoms with Crippen LogP contribution in [0.1, 0.15) is 16.7 Å². The monoisotopic (exact) mass is 460 g/mol. The van der Waals surface area contributed by atoms with Gasteiger partial charge in [-0.3, -0.25) is 4.68 Å². The molecule has 0 saturated heterocycles. The van der Waals surface area contributed by atoms with Gasteiger partial charge in [0.15, 0.2) is 11.5 Å². The molecule has 3 N–H and O–H groups in total. The molecule has 8 nitrogen and oxygen atoms in total. The van der Waals surface area contributed by atoms with Crippen molar-refractivity contribution in [2.75, 3.05) is 11.1 Å². The molecule has 3 heterocycles. The largest absolute Gasteiger partial charge is 0.381 e. The summed E-state index contributed by atoms with van der Waals surface area (Å²) in [6.45, 7) is 4.82. The molecular formula is C27H24N8. The molecule has 0 saturated carbocycles. The maximum atomic E-state index is 6.29. The molecule has 3 aromatic heterocycles. The zero-order valence-electron chi connectivity index (χ0n) is 19.5. The lowest BCUT2D eigenvalue weighted by Gasteiger charge is -2.07. The van der Waals surface area contributed by atoms with Crippen molar-refractivity contribution in [2.24, 2.45) is 0 Å². The van der Waals surface area contributed by atoms with Gasteiger partial charge in [0, 0.05) is 16.6 Å². The van der Waals surface area contributed by atoms with Crippen LogP contribution >= 0.6 is 0 Å². The second kappa shape index (κ2) is 8.25. The summed E-state index contributed by atoms with van der Waals surface area (Å²) in [7, 11) is 0. The number of nitrogens with one attached hydrogen (secondary N) is 1. The fourth-order valence-corrected chi connectivity index (χ4v) is 4.39. The first-order valence-electron chi connectivity index (χ1n) is 11.4. The van der Waals surface area contributed by atoms with Gasteiger partial charge < -0.3 is 11.1 Å². The Balaban J connectivity index is 1.36. The summed E-state index contributed by atoms with van der Waals surface area (Å²) in [4.78, 5) is 9.17. The van der Waals surface area contributed by atoms with Crippen LogP contribution in [-0.2, 0) is 6.54 Å². The predicted molar refractivity (Wildman–Crippen MR) is 139 cm³/mol. The summed E-state index contributed by atoms with van der Waals surface area (Å²) in [6.07, 6.45) is 3.74. The van der Waals surface area contributed by atoms with Gasteiger partial charge in [-0.15, -0.1) is 5.10 Å². The minimum Gasteiger partial charge on any atom is -0.381 e. The van der Waals surface area contributed by atoms with Crippen LogP contribution in [0.25, 0.3) is 27.8 Å². The van der Waals surface area contributed by atoms with Gasteiger partial charge in [0.25, 0.3) is 0 Å². The van der Waals surface area contributed by atoms with Gasteiger partial charge in [-0.25, -0.2) is 9.50 Å². The molecule has 0 aliphatic rings. The van der Waals surface area contributed by atoms with Crippen LogP contribution in [0.3, 0.4) is 0 Å². The third-order valence-corrected chi connectivity index (χ3v) is 5.94. The van der Waals surface area contributed by atoms with Gasteiger partial charge in [-0.05, 0) is 48.7 Å². The van der Waals surface area contributed by atoms with E-state index < -0.39 is 0 Å². The van der Waals surface area contributed by atoms with E-state index in [2.05, 4.69) is 81.8 Å². The van der Waals surface area contributed by atoms with Crippen LogP contribution in [0, 0.1) is 13.8 Å². The number of nitrogen functional groups attached to an aromatic ring is 1. The number of rotatable bonds is 5. The second-order valence-corrected chi connectivity index (χ2v) is 8.78. The molecule has 0 amide bonds. The van der Waals surface area contributed by atoms with E-state index in [0.717, 1.165) is 22.2 Å². The van der Waals surface area contributed by atoms with E-state index in [1.54, 1.807) is 4.52 Å². The summed E-state index contributed by atoms with van der Waals surface area (Å²) in [5, 5.41) is 13.5. The number of benzene rings is 3. The molecule has 0 aliphatic carbocycles. The molecule has 0 aliphatic heterocycles. The average Bonchev–Trinajstić information content (AvgIpc) is 3.43. The fraction of sp³-hybridized carbons (Fsp3) is 0.111. The van der Waals surface area contributed by atoms with E-state index in [1.807, 2.05) is 41.3 Å². The predicted octanol–water partition coefficient (Wildman–Crippen LogP) is 5.13. The Bertz CT molecular complexity index is 1660. The van der Waals surface area contributed by atoms with E-state index in [4.69, 9.17) is 5.73 Å². The van der Waals surface area contributed by atoms with Gasteiger partial charge in [0.05, 0.1) is 30.1 Å². The highest BCUT2D eigenvalue weighted by Crippen LogP contribution is 2.26. The zero-order valence-corrected chi connectivity index (χ0v) is 19.5. The minimum atomic E-state index is 0.321. The van der Waals surface area contributed by atoms with E-state index in [9.17, 15) is 0 Å². The lowest BCUT2D eigenvalue weighted by molar-refractivity contribution is 0.712. The molecule has 0 spiro atoms. The molecule has 35 heavy (non-hydrogen) atoms. The molecule has 8 heteroatoms. The van der Waals surface area contributed by atoms with Crippen LogP contribution < -0.4 is 11.1 Å². The highest BCUT2D eigenvalue weighted by molar-refractivity contribution is 5.84. The van der Waals surface area contributed by atoms with Crippen molar-refractivity contribution in [3.8, 4) is 11.3 Å². The van der Waals surface area contributed by atoms with E-state index in [-0.39, 0.29) is 0 Å². The topological polar surface area (TPSA) is 99.0 Å². The van der Waals surface area contributed by atoms with Crippen LogP contribution in [0.4, 0.5) is 17.5 Å². The Morgan fingerprint density at radius 1 is 0.914 bits per heavy atom. The quantitative estimate of drug-likeness (QED) is 0.370. The van der Waals surface area contributed by atoms with Crippen molar-refractivity contribution in [3.63, 3.8) is 0 Å². The molecular weight excluding hydrogens is 436 g/mol. The SMILES string of the molecule is Cc1cc(C)cc(Nc2nc3c(N)nc(-c4ccc5cnn(Cc6ccccc6)c5c4)cn3n2)c1. The standard InChI is InChI=1S/C27H24N8/c1-17-10-18(2)12-22(11-17)30-27-32-26-25(28)31-23(16-35(26)33-27)20-8-9-21-14-29-34(24(21)13-20)15-19-6-4-3-5-7-19/h3-14,16H,15H2,1-2H3,(H2,28,31)(H,30,33). The van der Waals surface area contributed by atoms with Gasteiger partial charge in [-0.1, -0.05) is 48.5 Å². The van der Waals surface area contributed by atoms with Crippen molar-refractivity contribution < 1.29 is 0 Å². The molecule has 6 rings (SSSR count). The van der Waals surface area contributed by atoms with E-state index in [0.29, 0.717) is 29.7 Å². The smallest absolute Gasteiger partial charge is 0.247 e. The van der Waals surface area contributed by atoms with Gasteiger partial charge in [-0.2, -0.15) is 10.1 Å². The summed E-state index contributed by atoms with van der Waals surface area (Å²) in [5.74, 6) is 0.790. The normalized spacial score (nSPS) is 11.4.